The molecule has 21 heavy (non-hydrogen) atoms. The average molecular weight is 289 g/mol. The third-order valence-corrected chi connectivity index (χ3v) is 2.89. The molecule has 0 bridgehead atoms. The van der Waals surface area contributed by atoms with Crippen molar-refractivity contribution in [3.8, 4) is 5.75 Å². The van der Waals surface area contributed by atoms with Crippen LogP contribution in [0.1, 0.15) is 5.56 Å². The predicted octanol–water partition coefficient (Wildman–Crippen LogP) is 3.01. The van der Waals surface area contributed by atoms with Gasteiger partial charge in [-0.3, -0.25) is 0 Å². The van der Waals surface area contributed by atoms with E-state index < -0.39 is 0 Å². The number of hydrogen-bond acceptors (Lipinski definition) is 3. The lowest BCUT2D eigenvalue weighted by Crippen LogP contribution is -2.20. The molecule has 0 unspecified atom stereocenters. The molecule has 0 saturated carbocycles. The molecule has 4 heteroatoms. The summed E-state index contributed by atoms with van der Waals surface area (Å²) >= 11 is 0. The van der Waals surface area contributed by atoms with Crippen molar-refractivity contribution in [3.63, 3.8) is 0 Å². The molecule has 0 amide bonds. The Balaban J connectivity index is 1.47. The van der Waals surface area contributed by atoms with Gasteiger partial charge in [0.05, 0.1) is 13.2 Å². The van der Waals surface area contributed by atoms with E-state index in [1.54, 1.807) is 12.1 Å². The molecule has 0 fully saturated rings. The maximum atomic E-state index is 12.9. The Bertz CT molecular complexity index is 519. The summed E-state index contributed by atoms with van der Waals surface area (Å²) in [7, 11) is 0. The van der Waals surface area contributed by atoms with Crippen molar-refractivity contribution in [1.29, 1.82) is 0 Å². The van der Waals surface area contributed by atoms with Gasteiger partial charge in [-0.05, 0) is 17.7 Å². The Hall–Kier alpha value is -1.91. The Morgan fingerprint density at radius 1 is 0.905 bits per heavy atom. The Labute approximate surface area is 124 Å². The van der Waals surface area contributed by atoms with Crippen molar-refractivity contribution in [2.24, 2.45) is 0 Å². The van der Waals surface area contributed by atoms with Crippen LogP contribution < -0.4 is 10.1 Å². The quantitative estimate of drug-likeness (QED) is 0.720. The van der Waals surface area contributed by atoms with Crippen LogP contribution in [0, 0.1) is 5.82 Å². The van der Waals surface area contributed by atoms with E-state index in [2.05, 4.69) is 17.4 Å². The Morgan fingerprint density at radius 2 is 1.76 bits per heavy atom. The summed E-state index contributed by atoms with van der Waals surface area (Å²) in [6.07, 6.45) is 0. The summed E-state index contributed by atoms with van der Waals surface area (Å²) in [4.78, 5) is 0. The van der Waals surface area contributed by atoms with Gasteiger partial charge in [0.25, 0.3) is 0 Å². The van der Waals surface area contributed by atoms with Crippen LogP contribution in [0.2, 0.25) is 0 Å². The van der Waals surface area contributed by atoms with Crippen molar-refractivity contribution >= 4 is 0 Å². The fourth-order valence-electron chi connectivity index (χ4n) is 1.85. The van der Waals surface area contributed by atoms with E-state index in [4.69, 9.17) is 9.47 Å². The van der Waals surface area contributed by atoms with E-state index in [1.807, 2.05) is 18.2 Å². The molecule has 1 N–H and O–H groups in total. The van der Waals surface area contributed by atoms with Crippen LogP contribution >= 0.6 is 0 Å². The van der Waals surface area contributed by atoms with E-state index in [1.165, 1.54) is 17.7 Å². The van der Waals surface area contributed by atoms with Gasteiger partial charge in [-0.1, -0.05) is 36.4 Å². The average Bonchev–Trinajstić information content (AvgIpc) is 2.51. The Morgan fingerprint density at radius 3 is 2.57 bits per heavy atom. The van der Waals surface area contributed by atoms with Gasteiger partial charge in [-0.2, -0.15) is 0 Å². The maximum Gasteiger partial charge on any atom is 0.126 e. The highest BCUT2D eigenvalue weighted by Crippen LogP contribution is 2.11. The zero-order valence-corrected chi connectivity index (χ0v) is 11.9. The standard InChI is InChI=1S/C17H20FNO2/c18-16-7-4-8-17(13-16)21-12-11-20-10-9-19-14-15-5-2-1-3-6-15/h1-8,13,19H,9-12,14H2. The molecule has 0 heterocycles. The highest BCUT2D eigenvalue weighted by atomic mass is 19.1. The minimum Gasteiger partial charge on any atom is -0.491 e. The molecule has 0 spiro atoms. The van der Waals surface area contributed by atoms with Gasteiger partial charge in [-0.15, -0.1) is 0 Å². The fraction of sp³-hybridized carbons (Fsp3) is 0.294. The van der Waals surface area contributed by atoms with Crippen LogP contribution in [0.25, 0.3) is 0 Å². The normalized spacial score (nSPS) is 10.5. The molecule has 112 valence electrons. The second-order valence-electron chi connectivity index (χ2n) is 4.58. The van der Waals surface area contributed by atoms with Crippen LogP contribution in [0.15, 0.2) is 54.6 Å². The molecule has 3 nitrogen and oxygen atoms in total. The van der Waals surface area contributed by atoms with E-state index in [0.717, 1.165) is 13.1 Å². The summed E-state index contributed by atoms with van der Waals surface area (Å²) in [6.45, 7) is 3.16. The van der Waals surface area contributed by atoms with E-state index in [9.17, 15) is 4.39 Å². The molecule has 0 radical (unpaired) electrons. The number of nitrogens with one attached hydrogen (secondary N) is 1. The van der Waals surface area contributed by atoms with Crippen LogP contribution in [-0.2, 0) is 11.3 Å². The van der Waals surface area contributed by atoms with Gasteiger partial charge < -0.3 is 14.8 Å². The lowest BCUT2D eigenvalue weighted by atomic mass is 10.2. The molecule has 0 atom stereocenters. The number of ether oxygens (including phenoxy) is 2. The van der Waals surface area contributed by atoms with Crippen LogP contribution in [-0.4, -0.2) is 26.4 Å². The smallest absolute Gasteiger partial charge is 0.126 e. The highest BCUT2D eigenvalue weighted by Gasteiger charge is 1.96. The summed E-state index contributed by atoms with van der Waals surface area (Å²) in [5, 5.41) is 3.30. The molecule has 0 aliphatic heterocycles. The summed E-state index contributed by atoms with van der Waals surface area (Å²) < 4.78 is 23.7. The molecular weight excluding hydrogens is 269 g/mol. The third kappa shape index (κ3) is 6.38. The summed E-state index contributed by atoms with van der Waals surface area (Å²) in [6, 6.07) is 16.3. The minimum atomic E-state index is -0.293. The maximum absolute atomic E-state index is 12.9. The van der Waals surface area contributed by atoms with Gasteiger partial charge in [0.1, 0.15) is 18.2 Å². The first-order valence-corrected chi connectivity index (χ1v) is 7.05. The third-order valence-electron chi connectivity index (χ3n) is 2.89. The molecule has 2 aromatic rings. The number of benzene rings is 2. The first-order valence-electron chi connectivity index (χ1n) is 7.05. The number of rotatable bonds is 9. The van der Waals surface area contributed by atoms with E-state index in [-0.39, 0.29) is 5.82 Å². The van der Waals surface area contributed by atoms with Gasteiger partial charge in [-0.25, -0.2) is 4.39 Å². The predicted molar refractivity (Wildman–Crippen MR) is 80.9 cm³/mol. The molecule has 2 aromatic carbocycles. The SMILES string of the molecule is Fc1cccc(OCCOCCNCc2ccccc2)c1. The largest absolute Gasteiger partial charge is 0.491 e. The van der Waals surface area contributed by atoms with Crippen molar-refractivity contribution in [2.75, 3.05) is 26.4 Å². The zero-order valence-electron chi connectivity index (χ0n) is 11.9. The fourth-order valence-corrected chi connectivity index (χ4v) is 1.85. The molecular formula is C17H20FNO2. The van der Waals surface area contributed by atoms with Crippen molar-refractivity contribution in [2.45, 2.75) is 6.54 Å². The van der Waals surface area contributed by atoms with Gasteiger partial charge >= 0.3 is 0 Å². The molecule has 0 aromatic heterocycles. The van der Waals surface area contributed by atoms with Gasteiger partial charge in [0.15, 0.2) is 0 Å². The second kappa shape index (κ2) is 9.10. The summed E-state index contributed by atoms with van der Waals surface area (Å²) in [5.41, 5.74) is 1.26. The van der Waals surface area contributed by atoms with Crippen LogP contribution in [0.3, 0.4) is 0 Å². The van der Waals surface area contributed by atoms with Crippen LogP contribution in [0.4, 0.5) is 4.39 Å². The van der Waals surface area contributed by atoms with Gasteiger partial charge in [0.2, 0.25) is 0 Å². The Kier molecular flexibility index (Phi) is 6.71. The van der Waals surface area contributed by atoms with Crippen molar-refractivity contribution in [3.05, 3.63) is 66.0 Å². The number of hydrogen-bond donors (Lipinski definition) is 1. The highest BCUT2D eigenvalue weighted by molar-refractivity contribution is 5.22. The van der Waals surface area contributed by atoms with E-state index >= 15 is 0 Å². The topological polar surface area (TPSA) is 30.5 Å². The zero-order chi connectivity index (χ0) is 14.8. The molecule has 0 saturated heterocycles. The molecule has 0 aliphatic carbocycles. The molecule has 0 aliphatic rings. The first-order chi connectivity index (χ1) is 10.3. The lowest BCUT2D eigenvalue weighted by Gasteiger charge is -2.08. The minimum absolute atomic E-state index is 0.293. The van der Waals surface area contributed by atoms with Crippen molar-refractivity contribution in [1.82, 2.24) is 5.32 Å². The number of halogens is 1. The van der Waals surface area contributed by atoms with Gasteiger partial charge in [0, 0.05) is 19.2 Å². The van der Waals surface area contributed by atoms with E-state index in [0.29, 0.717) is 25.6 Å². The second-order valence-corrected chi connectivity index (χ2v) is 4.58. The molecule has 2 rings (SSSR count). The monoisotopic (exact) mass is 289 g/mol. The lowest BCUT2D eigenvalue weighted by molar-refractivity contribution is 0.101. The van der Waals surface area contributed by atoms with Crippen LogP contribution in [0.5, 0.6) is 5.75 Å². The first kappa shape index (κ1) is 15.5. The van der Waals surface area contributed by atoms with Crippen molar-refractivity contribution < 1.29 is 13.9 Å². The summed E-state index contributed by atoms with van der Waals surface area (Å²) in [5.74, 6) is 0.235.